The molecule has 0 saturated heterocycles. The molecule has 1 N–H and O–H groups in total. The van der Waals surface area contributed by atoms with Gasteiger partial charge in [0.05, 0.1) is 10.6 Å². The summed E-state index contributed by atoms with van der Waals surface area (Å²) in [6.45, 7) is 0.464. The number of nitro groups is 1. The van der Waals surface area contributed by atoms with E-state index in [-0.39, 0.29) is 11.6 Å². The zero-order valence-electron chi connectivity index (χ0n) is 13.6. The second-order valence-corrected chi connectivity index (χ2v) is 6.13. The van der Waals surface area contributed by atoms with Crippen LogP contribution in [0.1, 0.15) is 11.3 Å². The molecule has 0 fully saturated rings. The average Bonchev–Trinajstić information content (AvgIpc) is 3.32. The van der Waals surface area contributed by atoms with Gasteiger partial charge in [-0.25, -0.2) is 9.67 Å². The largest absolute Gasteiger partial charge is 0.352 e. The molecule has 0 atom stereocenters. The summed E-state index contributed by atoms with van der Waals surface area (Å²) >= 11 is 1.49. The Balaban J connectivity index is 1.46. The van der Waals surface area contributed by atoms with Gasteiger partial charge in [0.25, 0.3) is 5.69 Å². The van der Waals surface area contributed by atoms with E-state index < -0.39 is 4.92 Å². The van der Waals surface area contributed by atoms with Crippen LogP contribution in [0.5, 0.6) is 0 Å². The molecule has 0 aliphatic heterocycles. The van der Waals surface area contributed by atoms with E-state index in [9.17, 15) is 14.9 Å². The fourth-order valence-electron chi connectivity index (χ4n) is 2.15. The molecule has 8 nitrogen and oxygen atoms in total. The lowest BCUT2D eigenvalue weighted by molar-refractivity contribution is -0.384. The normalized spacial score (nSPS) is 10.9. The number of nitrogens with zero attached hydrogens (tertiary/aromatic N) is 4. The van der Waals surface area contributed by atoms with E-state index in [0.717, 1.165) is 10.8 Å². The van der Waals surface area contributed by atoms with Crippen LogP contribution in [-0.2, 0) is 11.2 Å². The highest BCUT2D eigenvalue weighted by atomic mass is 32.1. The Morgan fingerprint density at radius 1 is 1.35 bits per heavy atom. The molecular weight excluding hydrogens is 354 g/mol. The SMILES string of the molecule is O=C(/C=C/c1ccc([N+](=O)[O-])cc1)NCCc1csc(-n2cccn2)n1. The highest BCUT2D eigenvalue weighted by Crippen LogP contribution is 2.14. The third kappa shape index (κ3) is 4.61. The molecule has 3 rings (SSSR count). The maximum absolute atomic E-state index is 11.8. The monoisotopic (exact) mass is 369 g/mol. The number of hydrogen-bond acceptors (Lipinski definition) is 6. The molecule has 132 valence electrons. The Bertz CT molecular complexity index is 916. The Kier molecular flexibility index (Phi) is 5.49. The van der Waals surface area contributed by atoms with Crippen molar-refractivity contribution in [2.24, 2.45) is 0 Å². The van der Waals surface area contributed by atoms with Crippen molar-refractivity contribution in [3.8, 4) is 5.13 Å². The molecule has 2 aromatic heterocycles. The first kappa shape index (κ1) is 17.5. The Morgan fingerprint density at radius 2 is 2.15 bits per heavy atom. The van der Waals surface area contributed by atoms with E-state index in [1.165, 1.54) is 29.5 Å². The number of nitrogens with one attached hydrogen (secondary N) is 1. The van der Waals surface area contributed by atoms with Gasteiger partial charge in [-0.15, -0.1) is 11.3 Å². The predicted molar refractivity (Wildman–Crippen MR) is 98.1 cm³/mol. The molecule has 9 heteroatoms. The zero-order chi connectivity index (χ0) is 18.4. The summed E-state index contributed by atoms with van der Waals surface area (Å²) in [5, 5.41) is 20.2. The number of amides is 1. The highest BCUT2D eigenvalue weighted by Gasteiger charge is 2.05. The van der Waals surface area contributed by atoms with Crippen LogP contribution >= 0.6 is 11.3 Å². The van der Waals surface area contributed by atoms with E-state index in [0.29, 0.717) is 18.5 Å². The molecule has 0 saturated carbocycles. The summed E-state index contributed by atoms with van der Waals surface area (Å²) < 4.78 is 1.69. The lowest BCUT2D eigenvalue weighted by Crippen LogP contribution is -2.23. The first-order chi connectivity index (χ1) is 12.6. The molecule has 0 bridgehead atoms. The Morgan fingerprint density at radius 3 is 2.85 bits per heavy atom. The molecule has 0 spiro atoms. The predicted octanol–water partition coefficient (Wildman–Crippen LogP) is 2.61. The smallest absolute Gasteiger partial charge is 0.269 e. The van der Waals surface area contributed by atoms with Crippen LogP contribution in [0.15, 0.2) is 54.2 Å². The van der Waals surface area contributed by atoms with Gasteiger partial charge in [-0.3, -0.25) is 14.9 Å². The minimum atomic E-state index is -0.462. The third-order valence-corrected chi connectivity index (χ3v) is 4.33. The van der Waals surface area contributed by atoms with Crippen molar-refractivity contribution in [3.05, 3.63) is 75.6 Å². The Hall–Kier alpha value is -3.33. The number of rotatable bonds is 7. The van der Waals surface area contributed by atoms with Gasteiger partial charge in [0.2, 0.25) is 11.0 Å². The fourth-order valence-corrected chi connectivity index (χ4v) is 2.95. The van der Waals surface area contributed by atoms with E-state index in [1.54, 1.807) is 29.1 Å². The number of non-ortho nitro benzene ring substituents is 1. The number of hydrogen-bond donors (Lipinski definition) is 1. The summed E-state index contributed by atoms with van der Waals surface area (Å²) in [5.74, 6) is -0.231. The third-order valence-electron chi connectivity index (χ3n) is 3.45. The summed E-state index contributed by atoms with van der Waals surface area (Å²) in [7, 11) is 0. The number of carbonyl (C=O) groups is 1. The molecule has 3 aromatic rings. The van der Waals surface area contributed by atoms with Crippen molar-refractivity contribution in [1.29, 1.82) is 0 Å². The molecule has 0 radical (unpaired) electrons. The maximum Gasteiger partial charge on any atom is 0.269 e. The van der Waals surface area contributed by atoms with Crippen LogP contribution in [0.3, 0.4) is 0 Å². The second-order valence-electron chi connectivity index (χ2n) is 5.30. The highest BCUT2D eigenvalue weighted by molar-refractivity contribution is 7.12. The van der Waals surface area contributed by atoms with Gasteiger partial charge in [0.1, 0.15) is 0 Å². The number of aromatic nitrogens is 3. The van der Waals surface area contributed by atoms with Gasteiger partial charge >= 0.3 is 0 Å². The second kappa shape index (κ2) is 8.17. The molecule has 2 heterocycles. The van der Waals surface area contributed by atoms with Crippen LogP contribution in [0.4, 0.5) is 5.69 Å². The van der Waals surface area contributed by atoms with Crippen LogP contribution < -0.4 is 5.32 Å². The van der Waals surface area contributed by atoms with E-state index in [1.807, 2.05) is 17.6 Å². The van der Waals surface area contributed by atoms with Gasteiger partial charge < -0.3 is 5.32 Å². The minimum absolute atomic E-state index is 0.0179. The van der Waals surface area contributed by atoms with Crippen LogP contribution in [0, 0.1) is 10.1 Å². The summed E-state index contributed by atoms with van der Waals surface area (Å²) in [4.78, 5) is 26.4. The molecule has 0 aliphatic carbocycles. The maximum atomic E-state index is 11.8. The van der Waals surface area contributed by atoms with Gasteiger partial charge in [0.15, 0.2) is 0 Å². The number of nitro benzene ring substituents is 1. The Labute approximate surface area is 153 Å². The van der Waals surface area contributed by atoms with Gasteiger partial charge in [-0.1, -0.05) is 0 Å². The number of thiazole rings is 1. The van der Waals surface area contributed by atoms with Crippen molar-refractivity contribution in [2.45, 2.75) is 6.42 Å². The zero-order valence-corrected chi connectivity index (χ0v) is 14.4. The number of carbonyl (C=O) groups excluding carboxylic acids is 1. The number of benzene rings is 1. The molecule has 1 amide bonds. The lowest BCUT2D eigenvalue weighted by Gasteiger charge is -2.00. The standard InChI is InChI=1S/C17H15N5O3S/c23-16(7-4-13-2-5-15(6-3-13)22(24)25)18-10-8-14-12-26-17(20-14)21-11-1-9-19-21/h1-7,9,11-12H,8,10H2,(H,18,23)/b7-4+. The molecular formula is C17H15N5O3S. The van der Waals surface area contributed by atoms with E-state index in [4.69, 9.17) is 0 Å². The average molecular weight is 369 g/mol. The topological polar surface area (TPSA) is 103 Å². The molecule has 0 aliphatic rings. The van der Waals surface area contributed by atoms with Gasteiger partial charge in [-0.05, 0) is 29.8 Å². The summed E-state index contributed by atoms with van der Waals surface area (Å²) in [5.41, 5.74) is 1.62. The minimum Gasteiger partial charge on any atom is -0.352 e. The fraction of sp³-hybridized carbons (Fsp3) is 0.118. The van der Waals surface area contributed by atoms with Gasteiger partial charge in [0, 0.05) is 48.9 Å². The quantitative estimate of drug-likeness (QED) is 0.392. The van der Waals surface area contributed by atoms with E-state index >= 15 is 0 Å². The first-order valence-electron chi connectivity index (χ1n) is 7.76. The van der Waals surface area contributed by atoms with Crippen LogP contribution in [0.25, 0.3) is 11.2 Å². The molecule has 26 heavy (non-hydrogen) atoms. The molecule has 0 unspecified atom stereocenters. The lowest BCUT2D eigenvalue weighted by atomic mass is 10.2. The summed E-state index contributed by atoms with van der Waals surface area (Å²) in [6.07, 6.45) is 7.15. The van der Waals surface area contributed by atoms with Crippen molar-refractivity contribution in [2.75, 3.05) is 6.54 Å². The van der Waals surface area contributed by atoms with Crippen molar-refractivity contribution in [1.82, 2.24) is 20.1 Å². The first-order valence-corrected chi connectivity index (χ1v) is 8.64. The summed E-state index contributed by atoms with van der Waals surface area (Å²) in [6, 6.07) is 7.81. The van der Waals surface area contributed by atoms with Crippen molar-refractivity contribution in [3.63, 3.8) is 0 Å². The van der Waals surface area contributed by atoms with Crippen LogP contribution in [0.2, 0.25) is 0 Å². The van der Waals surface area contributed by atoms with Crippen molar-refractivity contribution < 1.29 is 9.72 Å². The van der Waals surface area contributed by atoms with Gasteiger partial charge in [-0.2, -0.15) is 5.10 Å². The molecule has 1 aromatic carbocycles. The van der Waals surface area contributed by atoms with Crippen molar-refractivity contribution >= 4 is 29.0 Å². The van der Waals surface area contributed by atoms with E-state index in [2.05, 4.69) is 15.4 Å². The van der Waals surface area contributed by atoms with Crippen LogP contribution in [-0.4, -0.2) is 32.1 Å².